The maximum absolute atomic E-state index is 12.4. The summed E-state index contributed by atoms with van der Waals surface area (Å²) in [6, 6.07) is 15.4. The van der Waals surface area contributed by atoms with Gasteiger partial charge in [-0.3, -0.25) is 10.1 Å². The fourth-order valence-electron chi connectivity index (χ4n) is 2.60. The summed E-state index contributed by atoms with van der Waals surface area (Å²) in [7, 11) is 0. The second-order valence-corrected chi connectivity index (χ2v) is 6.27. The Kier molecular flexibility index (Phi) is 3.35. The van der Waals surface area contributed by atoms with Crippen molar-refractivity contribution in [2.75, 3.05) is 5.32 Å². The molecule has 2 heterocycles. The molecule has 0 bridgehead atoms. The van der Waals surface area contributed by atoms with Crippen molar-refractivity contribution in [2.45, 2.75) is 13.3 Å². The molecule has 0 saturated carbocycles. The number of thiazole rings is 1. The van der Waals surface area contributed by atoms with E-state index in [1.807, 2.05) is 36.4 Å². The van der Waals surface area contributed by atoms with Gasteiger partial charge in [0.25, 0.3) is 5.91 Å². The Labute approximate surface area is 136 Å². The molecular weight excluding hydrogens is 308 g/mol. The third-order valence-electron chi connectivity index (χ3n) is 3.75. The number of amides is 1. The van der Waals surface area contributed by atoms with Gasteiger partial charge in [-0.15, -0.1) is 0 Å². The van der Waals surface area contributed by atoms with E-state index in [1.54, 1.807) is 6.07 Å². The minimum atomic E-state index is -0.279. The predicted octanol–water partition coefficient (Wildman–Crippen LogP) is 4.86. The smallest absolute Gasteiger partial charge is 0.293 e. The molecule has 0 aliphatic carbocycles. The molecule has 0 aliphatic rings. The van der Waals surface area contributed by atoms with Gasteiger partial charge in [0, 0.05) is 5.39 Å². The summed E-state index contributed by atoms with van der Waals surface area (Å²) in [4.78, 5) is 16.9. The SMILES string of the molecule is CCc1cccc2sc(NC(=O)c3cc4ccccc4o3)nc12. The number of rotatable bonds is 3. The van der Waals surface area contributed by atoms with Gasteiger partial charge in [-0.25, -0.2) is 4.98 Å². The third kappa shape index (κ3) is 2.49. The van der Waals surface area contributed by atoms with Crippen molar-refractivity contribution < 1.29 is 9.21 Å². The van der Waals surface area contributed by atoms with E-state index in [1.165, 1.54) is 16.9 Å². The van der Waals surface area contributed by atoms with E-state index in [4.69, 9.17) is 4.42 Å². The van der Waals surface area contributed by atoms with E-state index < -0.39 is 0 Å². The number of furan rings is 1. The number of nitrogens with zero attached hydrogens (tertiary/aromatic N) is 1. The fraction of sp³-hybridized carbons (Fsp3) is 0.111. The number of para-hydroxylation sites is 2. The van der Waals surface area contributed by atoms with Gasteiger partial charge < -0.3 is 4.42 Å². The van der Waals surface area contributed by atoms with Crippen LogP contribution >= 0.6 is 11.3 Å². The monoisotopic (exact) mass is 322 g/mol. The third-order valence-corrected chi connectivity index (χ3v) is 4.69. The molecule has 0 atom stereocenters. The number of aromatic nitrogens is 1. The van der Waals surface area contributed by atoms with Gasteiger partial charge in [0.05, 0.1) is 10.2 Å². The highest BCUT2D eigenvalue weighted by Gasteiger charge is 2.15. The molecule has 114 valence electrons. The minimum absolute atomic E-state index is 0.279. The van der Waals surface area contributed by atoms with Crippen molar-refractivity contribution in [1.82, 2.24) is 4.98 Å². The van der Waals surface area contributed by atoms with Crippen molar-refractivity contribution in [3.05, 3.63) is 59.9 Å². The van der Waals surface area contributed by atoms with Crippen LogP contribution in [0.25, 0.3) is 21.2 Å². The number of aryl methyl sites for hydroxylation is 1. The summed E-state index contributed by atoms with van der Waals surface area (Å²) in [5.74, 6) is 0.0134. The van der Waals surface area contributed by atoms with Crippen LogP contribution in [0.4, 0.5) is 5.13 Å². The standard InChI is InChI=1S/C18H14N2O2S/c1-2-11-7-5-9-15-16(11)19-18(23-15)20-17(21)14-10-12-6-3-4-8-13(12)22-14/h3-10H,2H2,1H3,(H,19,20,21). The number of hydrogen-bond donors (Lipinski definition) is 1. The van der Waals surface area contributed by atoms with E-state index in [0.29, 0.717) is 16.5 Å². The molecule has 23 heavy (non-hydrogen) atoms. The molecule has 5 heteroatoms. The number of anilines is 1. The summed E-state index contributed by atoms with van der Waals surface area (Å²) in [6.45, 7) is 2.10. The van der Waals surface area contributed by atoms with Gasteiger partial charge in [-0.2, -0.15) is 0 Å². The molecule has 0 spiro atoms. The lowest BCUT2D eigenvalue weighted by atomic mass is 10.1. The number of benzene rings is 2. The van der Waals surface area contributed by atoms with Crippen LogP contribution < -0.4 is 5.32 Å². The molecule has 4 nitrogen and oxygen atoms in total. The van der Waals surface area contributed by atoms with Gasteiger partial charge in [-0.1, -0.05) is 48.6 Å². The van der Waals surface area contributed by atoms with Gasteiger partial charge in [0.1, 0.15) is 5.58 Å². The number of nitrogens with one attached hydrogen (secondary N) is 1. The van der Waals surface area contributed by atoms with Crippen LogP contribution in [0.1, 0.15) is 23.0 Å². The van der Waals surface area contributed by atoms with Crippen LogP contribution in [0.15, 0.2) is 52.9 Å². The van der Waals surface area contributed by atoms with E-state index in [2.05, 4.69) is 23.3 Å². The van der Waals surface area contributed by atoms with Crippen molar-refractivity contribution in [2.24, 2.45) is 0 Å². The quantitative estimate of drug-likeness (QED) is 0.586. The second-order valence-electron chi connectivity index (χ2n) is 5.24. The Morgan fingerprint density at radius 3 is 2.91 bits per heavy atom. The van der Waals surface area contributed by atoms with Crippen LogP contribution in [0, 0.1) is 0 Å². The molecule has 1 N–H and O–H groups in total. The zero-order valence-electron chi connectivity index (χ0n) is 12.5. The Hall–Kier alpha value is -2.66. The van der Waals surface area contributed by atoms with Crippen LogP contribution in [0.3, 0.4) is 0 Å². The van der Waals surface area contributed by atoms with Crippen molar-refractivity contribution in [1.29, 1.82) is 0 Å². The maximum atomic E-state index is 12.4. The lowest BCUT2D eigenvalue weighted by Gasteiger charge is -1.97. The van der Waals surface area contributed by atoms with Crippen LogP contribution in [0.5, 0.6) is 0 Å². The molecule has 0 unspecified atom stereocenters. The summed E-state index contributed by atoms with van der Waals surface area (Å²) < 4.78 is 6.66. The first-order chi connectivity index (χ1) is 11.2. The molecule has 2 aromatic heterocycles. The highest BCUT2D eigenvalue weighted by atomic mass is 32.1. The topological polar surface area (TPSA) is 55.1 Å². The number of fused-ring (bicyclic) bond motifs is 2. The van der Waals surface area contributed by atoms with Crippen molar-refractivity contribution in [3.8, 4) is 0 Å². The first kappa shape index (κ1) is 14.0. The number of carbonyl (C=O) groups excluding carboxylic acids is 1. The van der Waals surface area contributed by atoms with Gasteiger partial charge >= 0.3 is 0 Å². The predicted molar refractivity (Wildman–Crippen MR) is 93.2 cm³/mol. The van der Waals surface area contributed by atoms with E-state index in [-0.39, 0.29) is 5.91 Å². The molecule has 4 rings (SSSR count). The Bertz CT molecular complexity index is 983. The molecule has 0 fully saturated rings. The van der Waals surface area contributed by atoms with Gasteiger partial charge in [0.2, 0.25) is 0 Å². The van der Waals surface area contributed by atoms with E-state index >= 15 is 0 Å². The lowest BCUT2D eigenvalue weighted by Crippen LogP contribution is -2.10. The van der Waals surface area contributed by atoms with E-state index in [9.17, 15) is 4.79 Å². The zero-order valence-corrected chi connectivity index (χ0v) is 13.3. The highest BCUT2D eigenvalue weighted by molar-refractivity contribution is 7.22. The first-order valence-corrected chi connectivity index (χ1v) is 8.24. The van der Waals surface area contributed by atoms with Crippen molar-refractivity contribution in [3.63, 3.8) is 0 Å². The average molecular weight is 322 g/mol. The molecule has 0 saturated heterocycles. The average Bonchev–Trinajstić information content (AvgIpc) is 3.17. The maximum Gasteiger partial charge on any atom is 0.293 e. The highest BCUT2D eigenvalue weighted by Crippen LogP contribution is 2.29. The second kappa shape index (κ2) is 5.52. The molecule has 1 amide bonds. The van der Waals surface area contributed by atoms with E-state index in [0.717, 1.165) is 22.0 Å². The molecule has 2 aromatic carbocycles. The molecule has 4 aromatic rings. The Morgan fingerprint density at radius 1 is 1.22 bits per heavy atom. The van der Waals surface area contributed by atoms with Crippen LogP contribution in [-0.4, -0.2) is 10.9 Å². The number of hydrogen-bond acceptors (Lipinski definition) is 4. The van der Waals surface area contributed by atoms with Crippen molar-refractivity contribution >= 4 is 43.6 Å². The molecule has 0 aliphatic heterocycles. The minimum Gasteiger partial charge on any atom is -0.451 e. The van der Waals surface area contributed by atoms with Crippen LogP contribution in [-0.2, 0) is 6.42 Å². The van der Waals surface area contributed by atoms with Gasteiger partial charge in [0.15, 0.2) is 10.9 Å². The summed E-state index contributed by atoms with van der Waals surface area (Å²) in [6.07, 6.45) is 0.915. The molecular formula is C18H14N2O2S. The largest absolute Gasteiger partial charge is 0.451 e. The Balaban J connectivity index is 1.65. The van der Waals surface area contributed by atoms with Gasteiger partial charge in [-0.05, 0) is 30.2 Å². The zero-order chi connectivity index (χ0) is 15.8. The summed E-state index contributed by atoms with van der Waals surface area (Å²) in [5, 5.41) is 4.34. The Morgan fingerprint density at radius 2 is 2.09 bits per heavy atom. The molecule has 0 radical (unpaired) electrons. The normalized spacial score (nSPS) is 11.2. The summed E-state index contributed by atoms with van der Waals surface area (Å²) in [5.41, 5.74) is 2.85. The lowest BCUT2D eigenvalue weighted by molar-refractivity contribution is 0.0998. The van der Waals surface area contributed by atoms with Crippen LogP contribution in [0.2, 0.25) is 0 Å². The summed E-state index contributed by atoms with van der Waals surface area (Å²) >= 11 is 1.47. The fourth-order valence-corrected chi connectivity index (χ4v) is 3.51. The number of carbonyl (C=O) groups is 1. The first-order valence-electron chi connectivity index (χ1n) is 7.43.